The molecule has 0 amide bonds. The normalized spacial score (nSPS) is 19.6. The van der Waals surface area contributed by atoms with Crippen LogP contribution in [0.3, 0.4) is 0 Å². The Morgan fingerprint density at radius 3 is 3.06 bits per heavy atom. The average molecular weight is 257 g/mol. The van der Waals surface area contributed by atoms with Crippen molar-refractivity contribution in [3.8, 4) is 0 Å². The van der Waals surface area contributed by atoms with E-state index in [1.54, 1.807) is 4.57 Å². The number of carbonyl (C=O) groups is 1. The van der Waals surface area contributed by atoms with Crippen LogP contribution in [-0.2, 0) is 16.1 Å². The zero-order valence-electron chi connectivity index (χ0n) is 9.64. The van der Waals surface area contributed by atoms with Crippen LogP contribution >= 0.6 is 11.8 Å². The molecule has 0 spiro atoms. The number of aromatic nitrogens is 3. The van der Waals surface area contributed by atoms with Crippen molar-refractivity contribution in [3.05, 3.63) is 10.5 Å². The molecule has 0 saturated carbocycles. The maximum absolute atomic E-state index is 11.5. The molecule has 94 valence electrons. The van der Waals surface area contributed by atoms with E-state index < -0.39 is 0 Å². The Hall–Kier alpha value is -1.24. The lowest BCUT2D eigenvalue weighted by Gasteiger charge is -2.06. The van der Waals surface area contributed by atoms with Gasteiger partial charge in [-0.25, -0.2) is 9.89 Å². The molecule has 2 heterocycles. The Balaban J connectivity index is 2.09. The van der Waals surface area contributed by atoms with Crippen molar-refractivity contribution in [2.45, 2.75) is 43.1 Å². The summed E-state index contributed by atoms with van der Waals surface area (Å²) in [6, 6.07) is 0. The molecule has 0 radical (unpaired) electrons. The number of hydrogen-bond acceptors (Lipinski definition) is 5. The van der Waals surface area contributed by atoms with Crippen molar-refractivity contribution >= 4 is 17.7 Å². The first-order valence-corrected chi connectivity index (χ1v) is 6.59. The van der Waals surface area contributed by atoms with Crippen LogP contribution < -0.4 is 5.69 Å². The van der Waals surface area contributed by atoms with Crippen LogP contribution in [-0.4, -0.2) is 32.6 Å². The van der Waals surface area contributed by atoms with Gasteiger partial charge in [0.2, 0.25) is 0 Å². The summed E-state index contributed by atoms with van der Waals surface area (Å²) in [5.41, 5.74) is -0.215. The maximum Gasteiger partial charge on any atom is 0.343 e. The molecule has 1 N–H and O–H groups in total. The van der Waals surface area contributed by atoms with Gasteiger partial charge < -0.3 is 4.74 Å². The first-order chi connectivity index (χ1) is 8.22. The molecule has 6 nitrogen and oxygen atoms in total. The summed E-state index contributed by atoms with van der Waals surface area (Å²) < 4.78 is 6.46. The van der Waals surface area contributed by atoms with E-state index in [4.69, 9.17) is 4.74 Å². The van der Waals surface area contributed by atoms with Crippen LogP contribution in [0.5, 0.6) is 0 Å². The molecule has 0 aliphatic carbocycles. The number of unbranched alkanes of at least 4 members (excludes halogenated alkanes) is 1. The van der Waals surface area contributed by atoms with E-state index in [9.17, 15) is 9.59 Å². The zero-order chi connectivity index (χ0) is 12.3. The first kappa shape index (κ1) is 12.2. The summed E-state index contributed by atoms with van der Waals surface area (Å²) in [7, 11) is 0. The summed E-state index contributed by atoms with van der Waals surface area (Å²) >= 11 is 1.30. The third-order valence-corrected chi connectivity index (χ3v) is 3.83. The molecule has 1 aromatic heterocycles. The van der Waals surface area contributed by atoms with Gasteiger partial charge in [-0.15, -0.1) is 5.10 Å². The van der Waals surface area contributed by atoms with Crippen LogP contribution in [0.25, 0.3) is 0 Å². The van der Waals surface area contributed by atoms with Crippen LogP contribution in [0.2, 0.25) is 0 Å². The molecule has 7 heteroatoms. The summed E-state index contributed by atoms with van der Waals surface area (Å²) in [6.45, 7) is 3.16. The predicted molar refractivity (Wildman–Crippen MR) is 63.0 cm³/mol. The molecule has 0 bridgehead atoms. The highest BCUT2D eigenvalue weighted by Crippen LogP contribution is 2.27. The van der Waals surface area contributed by atoms with E-state index in [0.29, 0.717) is 24.7 Å². The van der Waals surface area contributed by atoms with Gasteiger partial charge in [0.1, 0.15) is 5.25 Å². The first-order valence-electron chi connectivity index (χ1n) is 5.71. The quantitative estimate of drug-likeness (QED) is 0.789. The summed E-state index contributed by atoms with van der Waals surface area (Å²) in [4.78, 5) is 22.9. The van der Waals surface area contributed by atoms with Crippen molar-refractivity contribution in [2.24, 2.45) is 0 Å². The second-order valence-electron chi connectivity index (χ2n) is 3.88. The molecule has 1 aromatic rings. The molecular weight excluding hydrogens is 242 g/mol. The highest BCUT2D eigenvalue weighted by atomic mass is 32.2. The van der Waals surface area contributed by atoms with E-state index in [1.807, 2.05) is 0 Å². The molecule has 2 rings (SSSR count). The standard InChI is InChI=1S/C10H15N3O3S/c1-2-3-5-13-9(15)11-12-10(13)17-7-4-6-16-8(7)14/h7H,2-6H2,1H3,(H,11,15). The molecule has 1 aliphatic rings. The van der Waals surface area contributed by atoms with Gasteiger partial charge in [0.05, 0.1) is 6.61 Å². The highest BCUT2D eigenvalue weighted by molar-refractivity contribution is 8.00. The van der Waals surface area contributed by atoms with Gasteiger partial charge in [0, 0.05) is 13.0 Å². The third kappa shape index (κ3) is 2.71. The van der Waals surface area contributed by atoms with Gasteiger partial charge in [-0.3, -0.25) is 9.36 Å². The van der Waals surface area contributed by atoms with Crippen LogP contribution in [0.1, 0.15) is 26.2 Å². The number of cyclic esters (lactones) is 1. The van der Waals surface area contributed by atoms with E-state index in [0.717, 1.165) is 12.8 Å². The largest absolute Gasteiger partial charge is 0.465 e. The topological polar surface area (TPSA) is 77.0 Å². The number of nitrogens with one attached hydrogen (secondary N) is 1. The van der Waals surface area contributed by atoms with Crippen molar-refractivity contribution in [1.29, 1.82) is 0 Å². The monoisotopic (exact) mass is 257 g/mol. The number of aromatic amines is 1. The van der Waals surface area contributed by atoms with E-state index >= 15 is 0 Å². The second kappa shape index (κ2) is 5.39. The van der Waals surface area contributed by atoms with Gasteiger partial charge in [0.25, 0.3) is 0 Å². The van der Waals surface area contributed by atoms with Gasteiger partial charge in [0.15, 0.2) is 5.16 Å². The van der Waals surface area contributed by atoms with Gasteiger partial charge in [-0.05, 0) is 6.42 Å². The smallest absolute Gasteiger partial charge is 0.343 e. The van der Waals surface area contributed by atoms with E-state index in [2.05, 4.69) is 17.1 Å². The molecular formula is C10H15N3O3S. The number of thioether (sulfide) groups is 1. The highest BCUT2D eigenvalue weighted by Gasteiger charge is 2.29. The Bertz CT molecular complexity index is 454. The molecule has 1 unspecified atom stereocenters. The summed E-state index contributed by atoms with van der Waals surface area (Å²) in [5.74, 6) is -0.215. The van der Waals surface area contributed by atoms with E-state index in [1.165, 1.54) is 11.8 Å². The fourth-order valence-corrected chi connectivity index (χ4v) is 2.65. The van der Waals surface area contributed by atoms with Crippen LogP contribution in [0.15, 0.2) is 9.95 Å². The molecule has 1 fully saturated rings. The summed E-state index contributed by atoms with van der Waals surface area (Å²) in [6.07, 6.45) is 2.60. The molecule has 1 aliphatic heterocycles. The average Bonchev–Trinajstić information content (AvgIpc) is 2.86. The van der Waals surface area contributed by atoms with Crippen molar-refractivity contribution in [2.75, 3.05) is 6.61 Å². The molecule has 1 saturated heterocycles. The number of H-pyrrole nitrogens is 1. The summed E-state index contributed by atoms with van der Waals surface area (Å²) in [5, 5.41) is 6.71. The lowest BCUT2D eigenvalue weighted by molar-refractivity contribution is -0.137. The van der Waals surface area contributed by atoms with E-state index in [-0.39, 0.29) is 16.9 Å². The number of ether oxygens (including phenoxy) is 1. The minimum absolute atomic E-state index is 0.215. The van der Waals surface area contributed by atoms with Crippen LogP contribution in [0, 0.1) is 0 Å². The van der Waals surface area contributed by atoms with Crippen LogP contribution in [0.4, 0.5) is 0 Å². The number of rotatable bonds is 5. The van der Waals surface area contributed by atoms with Gasteiger partial charge in [-0.1, -0.05) is 25.1 Å². The Morgan fingerprint density at radius 2 is 2.41 bits per heavy atom. The molecule has 0 aromatic carbocycles. The third-order valence-electron chi connectivity index (χ3n) is 2.59. The minimum Gasteiger partial charge on any atom is -0.465 e. The zero-order valence-corrected chi connectivity index (χ0v) is 10.5. The lowest BCUT2D eigenvalue weighted by atomic mass is 10.3. The Morgan fingerprint density at radius 1 is 1.59 bits per heavy atom. The molecule has 17 heavy (non-hydrogen) atoms. The van der Waals surface area contributed by atoms with Gasteiger partial charge in [-0.2, -0.15) is 0 Å². The fourth-order valence-electron chi connectivity index (χ4n) is 1.62. The van der Waals surface area contributed by atoms with Gasteiger partial charge >= 0.3 is 11.7 Å². The Kier molecular flexibility index (Phi) is 3.88. The van der Waals surface area contributed by atoms with Crippen molar-refractivity contribution < 1.29 is 9.53 Å². The van der Waals surface area contributed by atoms with Crippen molar-refractivity contribution in [1.82, 2.24) is 14.8 Å². The fraction of sp³-hybridized carbons (Fsp3) is 0.700. The minimum atomic E-state index is -0.231. The lowest BCUT2D eigenvalue weighted by Crippen LogP contribution is -2.19. The maximum atomic E-state index is 11.5. The molecule has 1 atom stereocenters. The predicted octanol–water partition coefficient (Wildman–Crippen LogP) is 0.779. The number of nitrogens with zero attached hydrogens (tertiary/aromatic N) is 2. The number of esters is 1. The Labute approximate surface area is 103 Å². The number of carbonyl (C=O) groups excluding carboxylic acids is 1. The SMILES string of the molecule is CCCCn1c(SC2CCOC2=O)n[nH]c1=O. The number of hydrogen-bond donors (Lipinski definition) is 1. The van der Waals surface area contributed by atoms with Crippen molar-refractivity contribution in [3.63, 3.8) is 0 Å². The second-order valence-corrected chi connectivity index (χ2v) is 5.05.